The lowest BCUT2D eigenvalue weighted by Gasteiger charge is -2.16. The van der Waals surface area contributed by atoms with Crippen molar-refractivity contribution in [3.63, 3.8) is 0 Å². The molecule has 0 aromatic heterocycles. The maximum absolute atomic E-state index is 5.49. The van der Waals surface area contributed by atoms with E-state index < -0.39 is 0 Å². The second kappa shape index (κ2) is 1.96. The molecule has 2 heteroatoms. The third-order valence-corrected chi connectivity index (χ3v) is 2.09. The molecule has 2 saturated heterocycles. The molecule has 2 aliphatic heterocycles. The summed E-state index contributed by atoms with van der Waals surface area (Å²) in [5, 5.41) is 0. The molecule has 0 saturated carbocycles. The third kappa shape index (κ3) is 0.970. The zero-order chi connectivity index (χ0) is 6.27. The Balaban J connectivity index is 1.86. The van der Waals surface area contributed by atoms with Crippen LogP contribution in [0.2, 0.25) is 0 Å². The van der Waals surface area contributed by atoms with Crippen LogP contribution in [0.1, 0.15) is 26.2 Å². The van der Waals surface area contributed by atoms with E-state index in [1.165, 1.54) is 12.8 Å². The molecule has 2 fully saturated rings. The van der Waals surface area contributed by atoms with Crippen molar-refractivity contribution in [3.8, 4) is 0 Å². The van der Waals surface area contributed by atoms with Crippen LogP contribution in [0.15, 0.2) is 0 Å². The molecule has 2 unspecified atom stereocenters. The summed E-state index contributed by atoms with van der Waals surface area (Å²) in [5.41, 5.74) is 0. The fourth-order valence-corrected chi connectivity index (χ4v) is 1.36. The molecule has 0 amide bonds. The molecule has 0 bridgehead atoms. The lowest BCUT2D eigenvalue weighted by Crippen LogP contribution is -2.20. The number of rotatable bonds is 1. The van der Waals surface area contributed by atoms with Gasteiger partial charge in [-0.25, -0.2) is 0 Å². The van der Waals surface area contributed by atoms with Gasteiger partial charge in [0.15, 0.2) is 6.29 Å². The van der Waals surface area contributed by atoms with Crippen molar-refractivity contribution in [2.75, 3.05) is 0 Å². The van der Waals surface area contributed by atoms with Gasteiger partial charge in [0.2, 0.25) is 0 Å². The van der Waals surface area contributed by atoms with Crippen molar-refractivity contribution in [2.24, 2.45) is 0 Å². The molecular weight excluding hydrogens is 116 g/mol. The van der Waals surface area contributed by atoms with Gasteiger partial charge in [0.25, 0.3) is 0 Å². The van der Waals surface area contributed by atoms with Gasteiger partial charge in [-0.2, -0.15) is 0 Å². The summed E-state index contributed by atoms with van der Waals surface area (Å²) in [4.78, 5) is 0. The molecule has 2 aliphatic rings. The third-order valence-electron chi connectivity index (χ3n) is 2.09. The predicted molar refractivity (Wildman–Crippen MR) is 33.1 cm³/mol. The average Bonchev–Trinajstić information content (AvgIpc) is 2.64. The topological polar surface area (TPSA) is 21.8 Å². The van der Waals surface area contributed by atoms with Gasteiger partial charge in [0.05, 0.1) is 6.10 Å². The Morgan fingerprint density at radius 3 is 2.89 bits per heavy atom. The summed E-state index contributed by atoms with van der Waals surface area (Å²) in [6.07, 6.45) is 4.66. The fourth-order valence-electron chi connectivity index (χ4n) is 1.36. The quantitative estimate of drug-likeness (QED) is 0.496. The minimum absolute atomic E-state index is 0.184. The van der Waals surface area contributed by atoms with Crippen molar-refractivity contribution in [1.82, 2.24) is 0 Å². The van der Waals surface area contributed by atoms with E-state index in [4.69, 9.17) is 9.47 Å². The molecule has 0 spiro atoms. The summed E-state index contributed by atoms with van der Waals surface area (Å²) in [6.45, 7) is 2.16. The van der Waals surface area contributed by atoms with Gasteiger partial charge >= 0.3 is 0 Å². The standard InChI is InChI=1S/C7H12O2/c1-2-5-3-4-6-7(8-5)9-6/h5-7H,2-4H2,1H3/t5-,6?,7?/m1/s1. The van der Waals surface area contributed by atoms with E-state index in [-0.39, 0.29) is 6.29 Å². The smallest absolute Gasteiger partial charge is 0.184 e. The highest BCUT2D eigenvalue weighted by Gasteiger charge is 2.44. The highest BCUT2D eigenvalue weighted by atomic mass is 16.8. The fraction of sp³-hybridized carbons (Fsp3) is 1.00. The zero-order valence-electron chi connectivity index (χ0n) is 5.67. The SMILES string of the molecule is CC[C@@H]1CCC2OC2O1. The first-order valence-corrected chi connectivity index (χ1v) is 3.71. The Morgan fingerprint density at radius 2 is 2.22 bits per heavy atom. The number of fused-ring (bicyclic) bond motifs is 1. The Morgan fingerprint density at radius 1 is 1.33 bits per heavy atom. The minimum atomic E-state index is 0.184. The predicted octanol–water partition coefficient (Wildman–Crippen LogP) is 1.30. The second-order valence-electron chi connectivity index (χ2n) is 2.79. The van der Waals surface area contributed by atoms with Crippen molar-refractivity contribution in [1.29, 1.82) is 0 Å². The number of epoxide rings is 1. The van der Waals surface area contributed by atoms with E-state index in [1.807, 2.05) is 0 Å². The highest BCUT2D eigenvalue weighted by Crippen LogP contribution is 2.35. The molecule has 3 atom stereocenters. The van der Waals surface area contributed by atoms with E-state index in [0.29, 0.717) is 12.2 Å². The zero-order valence-corrected chi connectivity index (χ0v) is 5.67. The van der Waals surface area contributed by atoms with Crippen LogP contribution < -0.4 is 0 Å². The normalized spacial score (nSPS) is 48.3. The van der Waals surface area contributed by atoms with Gasteiger partial charge in [-0.05, 0) is 19.3 Å². The molecule has 0 radical (unpaired) electrons. The van der Waals surface area contributed by atoms with Crippen molar-refractivity contribution in [3.05, 3.63) is 0 Å². The van der Waals surface area contributed by atoms with Gasteiger partial charge in [-0.15, -0.1) is 0 Å². The summed E-state index contributed by atoms with van der Waals surface area (Å²) in [5.74, 6) is 0. The van der Waals surface area contributed by atoms with Gasteiger partial charge in [-0.1, -0.05) is 6.92 Å². The lowest BCUT2D eigenvalue weighted by atomic mass is 10.1. The Hall–Kier alpha value is -0.0800. The summed E-state index contributed by atoms with van der Waals surface area (Å²) in [7, 11) is 0. The van der Waals surface area contributed by atoms with E-state index in [0.717, 1.165) is 6.42 Å². The van der Waals surface area contributed by atoms with Crippen LogP contribution in [0.25, 0.3) is 0 Å². The van der Waals surface area contributed by atoms with Crippen LogP contribution in [0.5, 0.6) is 0 Å². The average molecular weight is 128 g/mol. The van der Waals surface area contributed by atoms with E-state index in [2.05, 4.69) is 6.92 Å². The van der Waals surface area contributed by atoms with Crippen LogP contribution in [0, 0.1) is 0 Å². The van der Waals surface area contributed by atoms with Gasteiger partial charge in [0.1, 0.15) is 6.10 Å². The summed E-state index contributed by atoms with van der Waals surface area (Å²) < 4.78 is 10.7. The number of ether oxygens (including phenoxy) is 2. The highest BCUT2D eigenvalue weighted by molar-refractivity contribution is 4.83. The van der Waals surface area contributed by atoms with Gasteiger partial charge in [0, 0.05) is 0 Å². The van der Waals surface area contributed by atoms with Crippen LogP contribution in [-0.2, 0) is 9.47 Å². The van der Waals surface area contributed by atoms with Gasteiger partial charge < -0.3 is 9.47 Å². The molecule has 2 nitrogen and oxygen atoms in total. The monoisotopic (exact) mass is 128 g/mol. The molecule has 52 valence electrons. The molecule has 0 aromatic rings. The van der Waals surface area contributed by atoms with E-state index in [1.54, 1.807) is 0 Å². The van der Waals surface area contributed by atoms with Crippen LogP contribution in [0.3, 0.4) is 0 Å². The molecule has 9 heavy (non-hydrogen) atoms. The first kappa shape index (κ1) is 5.69. The molecule has 0 N–H and O–H groups in total. The molecular formula is C7H12O2. The van der Waals surface area contributed by atoms with E-state index in [9.17, 15) is 0 Å². The van der Waals surface area contributed by atoms with Crippen molar-refractivity contribution < 1.29 is 9.47 Å². The first-order chi connectivity index (χ1) is 4.40. The van der Waals surface area contributed by atoms with E-state index >= 15 is 0 Å². The maximum atomic E-state index is 5.49. The maximum Gasteiger partial charge on any atom is 0.184 e. The first-order valence-electron chi connectivity index (χ1n) is 3.71. The van der Waals surface area contributed by atoms with Gasteiger partial charge in [-0.3, -0.25) is 0 Å². The second-order valence-corrected chi connectivity index (χ2v) is 2.79. The number of hydrogen-bond acceptors (Lipinski definition) is 2. The van der Waals surface area contributed by atoms with Crippen LogP contribution >= 0.6 is 0 Å². The Bertz CT molecular complexity index is 113. The van der Waals surface area contributed by atoms with Crippen LogP contribution in [-0.4, -0.2) is 18.5 Å². The van der Waals surface area contributed by atoms with Crippen molar-refractivity contribution >= 4 is 0 Å². The molecule has 2 heterocycles. The summed E-state index contributed by atoms with van der Waals surface area (Å²) in [6, 6.07) is 0. The Kier molecular flexibility index (Phi) is 1.24. The molecule has 2 rings (SSSR count). The Labute approximate surface area is 55.1 Å². The minimum Gasteiger partial charge on any atom is -0.347 e. The number of hydrogen-bond donors (Lipinski definition) is 0. The molecule has 0 aliphatic carbocycles. The van der Waals surface area contributed by atoms with Crippen molar-refractivity contribution in [2.45, 2.75) is 44.7 Å². The summed E-state index contributed by atoms with van der Waals surface area (Å²) >= 11 is 0. The lowest BCUT2D eigenvalue weighted by molar-refractivity contribution is -0.0224. The van der Waals surface area contributed by atoms with Crippen LogP contribution in [0.4, 0.5) is 0 Å². The largest absolute Gasteiger partial charge is 0.347 e. The molecule has 0 aromatic carbocycles.